The zero-order valence-electron chi connectivity index (χ0n) is 11.1. The first kappa shape index (κ1) is 13.7. The fourth-order valence-corrected chi connectivity index (χ4v) is 2.54. The van der Waals surface area contributed by atoms with Crippen LogP contribution in [0.4, 0.5) is 0 Å². The van der Waals surface area contributed by atoms with Gasteiger partial charge in [-0.05, 0) is 25.1 Å². The molecule has 0 aromatic heterocycles. The van der Waals surface area contributed by atoms with Crippen LogP contribution in [-0.4, -0.2) is 22.7 Å². The van der Waals surface area contributed by atoms with Gasteiger partial charge < -0.3 is 15.2 Å². The third kappa shape index (κ3) is 2.01. The molecule has 2 unspecified atom stereocenters. The molecule has 2 aliphatic rings. The van der Waals surface area contributed by atoms with Gasteiger partial charge in [0, 0.05) is 16.8 Å². The largest absolute Gasteiger partial charge is 0.502 e. The summed E-state index contributed by atoms with van der Waals surface area (Å²) in [4.78, 5) is 24.1. The summed E-state index contributed by atoms with van der Waals surface area (Å²) in [6, 6.07) is 5.71. The quantitative estimate of drug-likeness (QED) is 0.874. The lowest BCUT2D eigenvalue weighted by Gasteiger charge is -2.25. The molecular weight excluding hydrogens is 294 g/mol. The molecule has 3 rings (SSSR count). The van der Waals surface area contributed by atoms with Gasteiger partial charge in [-0.25, -0.2) is 0 Å². The van der Waals surface area contributed by atoms with Gasteiger partial charge in [0.1, 0.15) is 0 Å². The SMILES string of the molecule is CC1(c2ccc(Cl)cc2)OC(C2NC=CC2=O)=C(O)C1=O. The van der Waals surface area contributed by atoms with Gasteiger partial charge in [0.15, 0.2) is 23.2 Å². The maximum atomic E-state index is 12.4. The smallest absolute Gasteiger partial charge is 0.248 e. The average Bonchev–Trinajstić information content (AvgIpc) is 2.98. The summed E-state index contributed by atoms with van der Waals surface area (Å²) < 4.78 is 5.67. The van der Waals surface area contributed by atoms with Crippen LogP contribution in [0.15, 0.2) is 48.1 Å². The topological polar surface area (TPSA) is 75.6 Å². The summed E-state index contributed by atoms with van der Waals surface area (Å²) in [5, 5.41) is 13.3. The highest BCUT2D eigenvalue weighted by molar-refractivity contribution is 6.30. The van der Waals surface area contributed by atoms with Gasteiger partial charge >= 0.3 is 0 Å². The fourth-order valence-electron chi connectivity index (χ4n) is 2.42. The molecule has 2 aliphatic heterocycles. The number of rotatable bonds is 2. The Morgan fingerprint density at radius 2 is 1.95 bits per heavy atom. The number of hydrogen-bond acceptors (Lipinski definition) is 5. The van der Waals surface area contributed by atoms with E-state index < -0.39 is 23.2 Å². The second-order valence-electron chi connectivity index (χ2n) is 5.02. The lowest BCUT2D eigenvalue weighted by atomic mass is 9.92. The monoisotopic (exact) mass is 305 g/mol. The number of halogens is 1. The predicted octanol–water partition coefficient (Wildman–Crippen LogP) is 1.98. The number of Topliss-reactive ketones (excluding diaryl/α,β-unsaturated/α-hetero) is 1. The zero-order chi connectivity index (χ0) is 15.2. The van der Waals surface area contributed by atoms with Gasteiger partial charge in [-0.3, -0.25) is 9.59 Å². The molecule has 0 amide bonds. The molecule has 5 nitrogen and oxygen atoms in total. The number of aliphatic hydroxyl groups is 1. The van der Waals surface area contributed by atoms with E-state index in [1.54, 1.807) is 31.2 Å². The fraction of sp³-hybridized carbons (Fsp3) is 0.200. The average molecular weight is 306 g/mol. The first-order valence-corrected chi connectivity index (χ1v) is 6.71. The van der Waals surface area contributed by atoms with Crippen molar-refractivity contribution in [2.75, 3.05) is 0 Å². The summed E-state index contributed by atoms with van der Waals surface area (Å²) in [6.07, 6.45) is 2.79. The molecule has 108 valence electrons. The van der Waals surface area contributed by atoms with Gasteiger partial charge in [0.05, 0.1) is 0 Å². The second kappa shape index (κ2) is 4.63. The highest BCUT2D eigenvalue weighted by Gasteiger charge is 2.50. The molecule has 0 spiro atoms. The van der Waals surface area contributed by atoms with Crippen LogP contribution in [0.3, 0.4) is 0 Å². The van der Waals surface area contributed by atoms with Gasteiger partial charge in [-0.15, -0.1) is 0 Å². The van der Waals surface area contributed by atoms with E-state index in [9.17, 15) is 14.7 Å². The minimum absolute atomic E-state index is 0.0487. The van der Waals surface area contributed by atoms with Crippen LogP contribution in [0, 0.1) is 0 Å². The molecule has 2 N–H and O–H groups in total. The zero-order valence-corrected chi connectivity index (χ0v) is 11.8. The van der Waals surface area contributed by atoms with Gasteiger partial charge in [-0.1, -0.05) is 23.7 Å². The van der Waals surface area contributed by atoms with Crippen molar-refractivity contribution in [1.82, 2.24) is 5.32 Å². The Hall–Kier alpha value is -2.27. The van der Waals surface area contributed by atoms with Crippen LogP contribution in [-0.2, 0) is 19.9 Å². The molecule has 0 aliphatic carbocycles. The van der Waals surface area contributed by atoms with Crippen LogP contribution in [0.2, 0.25) is 5.02 Å². The molecule has 0 saturated heterocycles. The molecule has 0 radical (unpaired) electrons. The minimum atomic E-state index is -1.37. The Labute approximate surface area is 125 Å². The lowest BCUT2D eigenvalue weighted by molar-refractivity contribution is -0.132. The van der Waals surface area contributed by atoms with Crippen LogP contribution in [0.25, 0.3) is 0 Å². The molecule has 0 bridgehead atoms. The first-order valence-electron chi connectivity index (χ1n) is 6.33. The van der Waals surface area contributed by atoms with E-state index in [4.69, 9.17) is 16.3 Å². The molecule has 1 aromatic carbocycles. The summed E-state index contributed by atoms with van der Waals surface area (Å²) in [7, 11) is 0. The Balaban J connectivity index is 1.96. The highest BCUT2D eigenvalue weighted by atomic mass is 35.5. The third-order valence-electron chi connectivity index (χ3n) is 3.65. The van der Waals surface area contributed by atoms with Gasteiger partial charge in [0.25, 0.3) is 0 Å². The summed E-state index contributed by atoms with van der Waals surface area (Å²) in [6.45, 7) is 1.55. The first-order chi connectivity index (χ1) is 9.93. The van der Waals surface area contributed by atoms with Crippen molar-refractivity contribution in [2.45, 2.75) is 18.6 Å². The number of benzene rings is 1. The Morgan fingerprint density at radius 1 is 1.29 bits per heavy atom. The van der Waals surface area contributed by atoms with Crippen molar-refractivity contribution in [1.29, 1.82) is 0 Å². The molecule has 0 saturated carbocycles. The summed E-state index contributed by atoms with van der Waals surface area (Å²) >= 11 is 5.83. The van der Waals surface area contributed by atoms with Crippen LogP contribution in [0.5, 0.6) is 0 Å². The summed E-state index contributed by atoms with van der Waals surface area (Å²) in [5.41, 5.74) is -0.814. The van der Waals surface area contributed by atoms with E-state index in [2.05, 4.69) is 5.32 Å². The number of hydrogen-bond donors (Lipinski definition) is 2. The second-order valence-corrected chi connectivity index (χ2v) is 5.46. The lowest BCUT2D eigenvalue weighted by Crippen LogP contribution is -2.34. The molecular formula is C15H12ClNO4. The Morgan fingerprint density at radius 3 is 2.52 bits per heavy atom. The molecule has 2 atom stereocenters. The van der Waals surface area contributed by atoms with Gasteiger partial charge in [-0.2, -0.15) is 0 Å². The van der Waals surface area contributed by atoms with E-state index in [-0.39, 0.29) is 11.5 Å². The normalized spacial score (nSPS) is 28.0. The Kier molecular flexibility index (Phi) is 3.02. The standard InChI is InChI=1S/C15H12ClNO4/c1-15(8-2-4-9(16)5-3-8)14(20)12(19)13(21-15)11-10(18)6-7-17-11/h2-7,11,17,19H,1H3. The third-order valence-corrected chi connectivity index (χ3v) is 3.90. The van der Waals surface area contributed by atoms with Crippen LogP contribution in [0.1, 0.15) is 12.5 Å². The van der Waals surface area contributed by atoms with E-state index in [0.29, 0.717) is 10.6 Å². The van der Waals surface area contributed by atoms with Crippen molar-refractivity contribution < 1.29 is 19.4 Å². The molecule has 2 heterocycles. The predicted molar refractivity (Wildman–Crippen MR) is 75.6 cm³/mol. The molecule has 0 fully saturated rings. The van der Waals surface area contributed by atoms with Crippen molar-refractivity contribution in [2.24, 2.45) is 0 Å². The number of ether oxygens (including phenoxy) is 1. The number of carbonyl (C=O) groups is 2. The van der Waals surface area contributed by atoms with Crippen molar-refractivity contribution in [3.8, 4) is 0 Å². The summed E-state index contributed by atoms with van der Waals surface area (Å²) in [5.74, 6) is -1.43. The molecule has 1 aromatic rings. The van der Waals surface area contributed by atoms with Crippen molar-refractivity contribution >= 4 is 23.2 Å². The number of aliphatic hydroxyl groups excluding tert-OH is 1. The van der Waals surface area contributed by atoms with E-state index >= 15 is 0 Å². The van der Waals surface area contributed by atoms with Crippen LogP contribution >= 0.6 is 11.6 Å². The maximum absolute atomic E-state index is 12.4. The Bertz CT molecular complexity index is 692. The van der Waals surface area contributed by atoms with Crippen LogP contribution < -0.4 is 5.32 Å². The maximum Gasteiger partial charge on any atom is 0.248 e. The van der Waals surface area contributed by atoms with E-state index in [0.717, 1.165) is 0 Å². The number of carbonyl (C=O) groups excluding carboxylic acids is 2. The highest BCUT2D eigenvalue weighted by Crippen LogP contribution is 2.39. The number of ketones is 2. The van der Waals surface area contributed by atoms with E-state index in [1.807, 2.05) is 0 Å². The minimum Gasteiger partial charge on any atom is -0.502 e. The van der Waals surface area contributed by atoms with Gasteiger partial charge in [0.2, 0.25) is 11.5 Å². The molecule has 21 heavy (non-hydrogen) atoms. The van der Waals surface area contributed by atoms with Crippen molar-refractivity contribution in [3.05, 3.63) is 58.6 Å². The van der Waals surface area contributed by atoms with E-state index in [1.165, 1.54) is 12.3 Å². The van der Waals surface area contributed by atoms with Crippen molar-refractivity contribution in [3.63, 3.8) is 0 Å². The molecule has 6 heteroatoms. The number of nitrogens with one attached hydrogen (secondary N) is 1.